The number of amides is 1. The van der Waals surface area contributed by atoms with Crippen LogP contribution in [0.25, 0.3) is 0 Å². The lowest BCUT2D eigenvalue weighted by atomic mass is 9.73. The second-order valence-electron chi connectivity index (χ2n) is 10.1. The average Bonchev–Trinajstić information content (AvgIpc) is 2.82. The molecule has 2 aromatic carbocycles. The molecule has 4 rings (SSSR count). The number of ketones is 1. The van der Waals surface area contributed by atoms with E-state index in [0.29, 0.717) is 36.9 Å². The van der Waals surface area contributed by atoms with Gasteiger partial charge in [0, 0.05) is 30.0 Å². The quantitative estimate of drug-likeness (QED) is 0.542. The van der Waals surface area contributed by atoms with E-state index < -0.39 is 0 Å². The average molecular weight is 478 g/mol. The van der Waals surface area contributed by atoms with Gasteiger partial charge in [0.05, 0.1) is 19.8 Å². The minimum absolute atomic E-state index is 0.0113. The van der Waals surface area contributed by atoms with Crippen LogP contribution in [0.5, 0.6) is 17.2 Å². The monoisotopic (exact) mass is 477 g/mol. The number of hydrogen-bond donors (Lipinski definition) is 1. The molecule has 1 aliphatic heterocycles. The largest absolute Gasteiger partial charge is 0.493 e. The highest BCUT2D eigenvalue weighted by molar-refractivity contribution is 6.02. The molecule has 2 aromatic rings. The minimum atomic E-state index is -0.291. The third-order valence-corrected chi connectivity index (χ3v) is 6.42. The lowest BCUT2D eigenvalue weighted by Crippen LogP contribution is -2.38. The van der Waals surface area contributed by atoms with E-state index in [2.05, 4.69) is 19.2 Å². The van der Waals surface area contributed by atoms with Crippen LogP contribution in [0.15, 0.2) is 53.7 Å². The minimum Gasteiger partial charge on any atom is -0.493 e. The Morgan fingerprint density at radius 2 is 1.63 bits per heavy atom. The molecule has 0 saturated carbocycles. The van der Waals surface area contributed by atoms with Crippen LogP contribution in [0, 0.1) is 5.92 Å². The van der Waals surface area contributed by atoms with Crippen LogP contribution in [0.2, 0.25) is 0 Å². The van der Waals surface area contributed by atoms with Crippen LogP contribution in [0.3, 0.4) is 0 Å². The molecule has 6 heteroatoms. The van der Waals surface area contributed by atoms with Gasteiger partial charge in [0.25, 0.3) is 0 Å². The molecule has 0 aromatic heterocycles. The number of carbonyl (C=O) groups excluding carboxylic acids is 2. The molecule has 2 atom stereocenters. The topological polar surface area (TPSA) is 73.9 Å². The van der Waals surface area contributed by atoms with Gasteiger partial charge in [-0.15, -0.1) is 0 Å². The fourth-order valence-corrected chi connectivity index (χ4v) is 4.83. The number of Topliss-reactive ketones (excluding diaryl/α,β-unsaturated/α-hetero) is 1. The van der Waals surface area contributed by atoms with Crippen molar-refractivity contribution in [2.75, 3.05) is 13.7 Å². The number of carbonyl (C=O) groups is 2. The number of nitrogens with one attached hydrogen (secondary N) is 1. The van der Waals surface area contributed by atoms with Crippen molar-refractivity contribution < 1.29 is 23.8 Å². The Balaban J connectivity index is 1.59. The predicted molar refractivity (Wildman–Crippen MR) is 135 cm³/mol. The number of rotatable bonds is 8. The Hall–Kier alpha value is -3.28. The normalized spacial score (nSPS) is 20.1. The van der Waals surface area contributed by atoms with Crippen LogP contribution in [0.1, 0.15) is 69.9 Å². The summed E-state index contributed by atoms with van der Waals surface area (Å²) in [6.45, 7) is 8.81. The van der Waals surface area contributed by atoms with Crippen molar-refractivity contribution in [1.82, 2.24) is 5.32 Å². The molecule has 0 spiro atoms. The van der Waals surface area contributed by atoms with Gasteiger partial charge >= 0.3 is 0 Å². The maximum atomic E-state index is 13.4. The summed E-state index contributed by atoms with van der Waals surface area (Å²) in [5.74, 6) is 2.29. The van der Waals surface area contributed by atoms with E-state index in [1.165, 1.54) is 0 Å². The first kappa shape index (κ1) is 24.8. The number of hydrogen-bond acceptors (Lipinski definition) is 5. The van der Waals surface area contributed by atoms with Crippen molar-refractivity contribution in [3.05, 3.63) is 64.9 Å². The summed E-state index contributed by atoms with van der Waals surface area (Å²) >= 11 is 0. The fourth-order valence-electron chi connectivity index (χ4n) is 4.83. The van der Waals surface area contributed by atoms with Gasteiger partial charge in [-0.2, -0.15) is 0 Å². The van der Waals surface area contributed by atoms with E-state index in [9.17, 15) is 9.59 Å². The van der Waals surface area contributed by atoms with Gasteiger partial charge in [-0.3, -0.25) is 9.59 Å². The van der Waals surface area contributed by atoms with Crippen LogP contribution >= 0.6 is 0 Å². The highest BCUT2D eigenvalue weighted by atomic mass is 16.5. The lowest BCUT2D eigenvalue weighted by molar-refractivity contribution is -0.122. The Morgan fingerprint density at radius 3 is 2.29 bits per heavy atom. The van der Waals surface area contributed by atoms with Gasteiger partial charge in [0.15, 0.2) is 17.3 Å². The molecule has 186 valence electrons. The zero-order valence-electron chi connectivity index (χ0n) is 21.2. The summed E-state index contributed by atoms with van der Waals surface area (Å²) in [6.07, 6.45) is 1.30. The molecule has 0 saturated heterocycles. The summed E-state index contributed by atoms with van der Waals surface area (Å²) in [6, 6.07) is 13.7. The third kappa shape index (κ3) is 5.69. The van der Waals surface area contributed by atoms with Crippen LogP contribution in [0.4, 0.5) is 0 Å². The number of ether oxygens (including phenoxy) is 3. The van der Waals surface area contributed by atoms with E-state index in [4.69, 9.17) is 14.2 Å². The number of benzene rings is 2. The molecular formula is C29H35NO5. The molecule has 0 radical (unpaired) electrons. The van der Waals surface area contributed by atoms with E-state index >= 15 is 0 Å². The van der Waals surface area contributed by atoms with Crippen molar-refractivity contribution in [1.29, 1.82) is 0 Å². The van der Waals surface area contributed by atoms with E-state index in [-0.39, 0.29) is 36.1 Å². The third-order valence-electron chi connectivity index (χ3n) is 6.42. The molecule has 1 heterocycles. The van der Waals surface area contributed by atoms with Crippen LogP contribution in [-0.2, 0) is 9.59 Å². The van der Waals surface area contributed by atoms with Gasteiger partial charge in [-0.25, -0.2) is 0 Å². The summed E-state index contributed by atoms with van der Waals surface area (Å²) in [5.41, 5.74) is 3.43. The summed E-state index contributed by atoms with van der Waals surface area (Å²) < 4.78 is 17.2. The number of methoxy groups -OCH3 is 1. The van der Waals surface area contributed by atoms with Gasteiger partial charge in [0.1, 0.15) is 5.75 Å². The van der Waals surface area contributed by atoms with Gasteiger partial charge in [0.2, 0.25) is 5.91 Å². The zero-order chi connectivity index (χ0) is 25.1. The molecular weight excluding hydrogens is 442 g/mol. The lowest BCUT2D eigenvalue weighted by Gasteiger charge is -2.34. The summed E-state index contributed by atoms with van der Waals surface area (Å²) in [7, 11) is 1.60. The molecule has 1 N–H and O–H groups in total. The zero-order valence-corrected chi connectivity index (χ0v) is 21.2. The Labute approximate surface area is 207 Å². The second-order valence-corrected chi connectivity index (χ2v) is 10.1. The summed E-state index contributed by atoms with van der Waals surface area (Å²) in [5, 5.41) is 3.00. The van der Waals surface area contributed by atoms with Crippen molar-refractivity contribution in [3.63, 3.8) is 0 Å². The van der Waals surface area contributed by atoms with Gasteiger partial charge < -0.3 is 19.5 Å². The molecule has 6 nitrogen and oxygen atoms in total. The Kier molecular flexibility index (Phi) is 7.48. The first-order valence-corrected chi connectivity index (χ1v) is 12.4. The van der Waals surface area contributed by atoms with E-state index in [1.54, 1.807) is 7.11 Å². The van der Waals surface area contributed by atoms with Crippen molar-refractivity contribution >= 4 is 11.7 Å². The molecule has 1 aliphatic carbocycles. The SMILES string of the molecule is COc1cc(C2CC(=O)NC3=C2C(=O)CC(c2ccc(OCC(C)C)cc2)C3)ccc1OC(C)C. The molecule has 35 heavy (non-hydrogen) atoms. The summed E-state index contributed by atoms with van der Waals surface area (Å²) in [4.78, 5) is 26.1. The maximum Gasteiger partial charge on any atom is 0.225 e. The van der Waals surface area contributed by atoms with Gasteiger partial charge in [-0.05, 0) is 67.5 Å². The van der Waals surface area contributed by atoms with E-state index in [0.717, 1.165) is 28.1 Å². The Bertz CT molecular complexity index is 1120. The van der Waals surface area contributed by atoms with Crippen LogP contribution < -0.4 is 19.5 Å². The van der Waals surface area contributed by atoms with Gasteiger partial charge in [-0.1, -0.05) is 32.0 Å². The number of allylic oxidation sites excluding steroid dienone is 2. The molecule has 2 unspecified atom stereocenters. The highest BCUT2D eigenvalue weighted by Gasteiger charge is 2.38. The van der Waals surface area contributed by atoms with Crippen molar-refractivity contribution in [2.24, 2.45) is 5.92 Å². The van der Waals surface area contributed by atoms with Crippen molar-refractivity contribution in [2.45, 2.75) is 64.9 Å². The fraction of sp³-hybridized carbons (Fsp3) is 0.448. The molecule has 1 amide bonds. The predicted octanol–water partition coefficient (Wildman–Crippen LogP) is 5.52. The molecule has 2 aliphatic rings. The Morgan fingerprint density at radius 1 is 0.914 bits per heavy atom. The molecule has 0 bridgehead atoms. The van der Waals surface area contributed by atoms with Crippen LogP contribution in [-0.4, -0.2) is 31.5 Å². The van der Waals surface area contributed by atoms with E-state index in [1.807, 2.05) is 56.3 Å². The molecule has 0 fully saturated rings. The maximum absolute atomic E-state index is 13.4. The van der Waals surface area contributed by atoms with Crippen molar-refractivity contribution in [3.8, 4) is 17.2 Å². The second kappa shape index (κ2) is 10.5. The first-order chi connectivity index (χ1) is 16.7. The standard InChI is InChI=1S/C29H35NO5/c1-17(2)16-34-22-9-6-19(7-10-22)21-12-24-29(25(31)13-21)23(15-28(32)30-24)20-8-11-26(35-18(3)4)27(14-20)33-5/h6-11,14,17-18,21,23H,12-13,15-16H2,1-5H3,(H,30,32). The first-order valence-electron chi connectivity index (χ1n) is 12.4. The highest BCUT2D eigenvalue weighted by Crippen LogP contribution is 2.44. The smallest absolute Gasteiger partial charge is 0.225 e.